The van der Waals surface area contributed by atoms with Gasteiger partial charge in [-0.2, -0.15) is 4.31 Å². The molecule has 0 aliphatic carbocycles. The summed E-state index contributed by atoms with van der Waals surface area (Å²) >= 11 is 0. The lowest BCUT2D eigenvalue weighted by molar-refractivity contribution is -0.147. The minimum absolute atomic E-state index is 0.0585. The molecule has 1 heterocycles. The third-order valence-electron chi connectivity index (χ3n) is 6.42. The lowest BCUT2D eigenvalue weighted by Crippen LogP contribution is -2.60. The molecule has 0 aliphatic rings. The van der Waals surface area contributed by atoms with Gasteiger partial charge in [-0.1, -0.05) is 44.2 Å². The smallest absolute Gasteiger partial charge is 0.252 e. The topological polar surface area (TPSA) is 132 Å². The van der Waals surface area contributed by atoms with Gasteiger partial charge in [0.2, 0.25) is 15.9 Å². The Morgan fingerprint density at radius 2 is 1.83 bits per heavy atom. The molecule has 3 aromatic rings. The van der Waals surface area contributed by atoms with Gasteiger partial charge >= 0.3 is 0 Å². The Kier molecular flexibility index (Phi) is 11.5. The number of rotatable bonds is 14. The van der Waals surface area contributed by atoms with Crippen molar-refractivity contribution in [3.63, 3.8) is 0 Å². The lowest BCUT2D eigenvalue weighted by atomic mass is 9.99. The number of aliphatic hydroxyl groups is 1. The Morgan fingerprint density at radius 1 is 1.10 bits per heavy atom. The van der Waals surface area contributed by atoms with Crippen LogP contribution in [0.4, 0.5) is 0 Å². The number of hydrogen-bond donors (Lipinski definition) is 3. The molecule has 3 rings (SSSR count). The van der Waals surface area contributed by atoms with Crippen LogP contribution in [0.5, 0.6) is 0 Å². The fraction of sp³-hybridized carbons (Fsp3) is 0.400. The average Bonchev–Trinajstić information content (AvgIpc) is 3.42. The summed E-state index contributed by atoms with van der Waals surface area (Å²) in [7, 11) is -2.46. The second-order valence-electron chi connectivity index (χ2n) is 10.2. The number of carbonyl (C=O) groups excluding carboxylic acids is 2. The molecule has 41 heavy (non-hydrogen) atoms. The number of hydrogen-bond acceptors (Lipinski definition) is 7. The second-order valence-corrected chi connectivity index (χ2v) is 12.1. The summed E-state index contributed by atoms with van der Waals surface area (Å²) in [5.41, 5.74) is 3.95. The van der Waals surface area contributed by atoms with E-state index in [0.717, 1.165) is 10.6 Å². The zero-order chi connectivity index (χ0) is 30.0. The minimum Gasteiger partial charge on any atom is -0.464 e. The highest BCUT2D eigenvalue weighted by Crippen LogP contribution is 2.25. The zero-order valence-electron chi connectivity index (χ0n) is 23.6. The maximum atomic E-state index is 13.9. The molecule has 220 valence electrons. The maximum absolute atomic E-state index is 13.9. The molecular formula is C30H38N4O6S. The Hall–Kier alpha value is -3.69. The Bertz CT molecular complexity index is 1450. The van der Waals surface area contributed by atoms with Crippen LogP contribution >= 0.6 is 0 Å². The van der Waals surface area contributed by atoms with E-state index in [9.17, 15) is 23.1 Å². The van der Waals surface area contributed by atoms with Gasteiger partial charge in [-0.05, 0) is 49.2 Å². The first-order chi connectivity index (χ1) is 19.6. The molecule has 1 aromatic heterocycles. The summed E-state index contributed by atoms with van der Waals surface area (Å²) in [5.74, 6) is 1.38. The third kappa shape index (κ3) is 8.65. The number of fused-ring (bicyclic) bond motifs is 1. The van der Waals surface area contributed by atoms with Crippen molar-refractivity contribution < 1.29 is 27.5 Å². The number of terminal acetylenes is 1. The number of benzene rings is 2. The molecule has 3 N–H and O–H groups in total. The van der Waals surface area contributed by atoms with E-state index in [-0.39, 0.29) is 49.7 Å². The first kappa shape index (κ1) is 31.8. The summed E-state index contributed by atoms with van der Waals surface area (Å²) in [6.07, 6.45) is 5.72. The first-order valence-electron chi connectivity index (χ1n) is 13.5. The molecule has 2 atom stereocenters. The Labute approximate surface area is 241 Å². The van der Waals surface area contributed by atoms with E-state index in [1.165, 1.54) is 22.7 Å². The van der Waals surface area contributed by atoms with Crippen LogP contribution < -0.4 is 10.7 Å². The monoisotopic (exact) mass is 582 g/mol. The van der Waals surface area contributed by atoms with Crippen LogP contribution in [0, 0.1) is 18.3 Å². The van der Waals surface area contributed by atoms with Crippen LogP contribution in [-0.2, 0) is 26.0 Å². The van der Waals surface area contributed by atoms with Crippen molar-refractivity contribution >= 4 is 32.8 Å². The number of carbonyl (C=O) groups is 2. The molecule has 10 nitrogen and oxygen atoms in total. The van der Waals surface area contributed by atoms with Crippen LogP contribution in [0.3, 0.4) is 0 Å². The van der Waals surface area contributed by atoms with E-state index >= 15 is 0 Å². The van der Waals surface area contributed by atoms with Crippen LogP contribution in [-0.4, -0.2) is 73.5 Å². The van der Waals surface area contributed by atoms with Crippen molar-refractivity contribution in [2.24, 2.45) is 5.92 Å². The van der Waals surface area contributed by atoms with Crippen LogP contribution in [0.15, 0.2) is 70.2 Å². The van der Waals surface area contributed by atoms with Crippen LogP contribution in [0.1, 0.15) is 32.3 Å². The van der Waals surface area contributed by atoms with Gasteiger partial charge in [0.15, 0.2) is 0 Å². The standard InChI is InChI=1S/C30H38N4O6S/c1-5-6-12-30(37)34(32-29(36)19-31-4)26(17-23-10-8-7-9-11-23)27(35)21-33(20-22(2)3)41(38,39)25-13-14-28-24(18-25)15-16-40-28/h1,7-11,13-16,18,22,26-27,31,35H,6,12,17,19-21H2,2-4H3,(H,32,36)/t26-,27+/m0/s1. The van der Waals surface area contributed by atoms with Gasteiger partial charge in [-0.25, -0.2) is 13.4 Å². The fourth-order valence-corrected chi connectivity index (χ4v) is 6.14. The number of sulfonamides is 1. The zero-order valence-corrected chi connectivity index (χ0v) is 24.4. The number of hydrazine groups is 1. The summed E-state index contributed by atoms with van der Waals surface area (Å²) in [4.78, 5) is 26.0. The van der Waals surface area contributed by atoms with Gasteiger partial charge < -0.3 is 14.8 Å². The molecule has 2 amide bonds. The van der Waals surface area contributed by atoms with Crippen molar-refractivity contribution in [2.75, 3.05) is 26.7 Å². The largest absolute Gasteiger partial charge is 0.464 e. The molecular weight excluding hydrogens is 544 g/mol. The van der Waals surface area contributed by atoms with Crippen molar-refractivity contribution in [1.29, 1.82) is 0 Å². The molecule has 0 bridgehead atoms. The van der Waals surface area contributed by atoms with Gasteiger partial charge in [0.05, 0.1) is 29.8 Å². The van der Waals surface area contributed by atoms with Gasteiger partial charge in [0.25, 0.3) is 5.91 Å². The van der Waals surface area contributed by atoms with E-state index in [1.54, 1.807) is 19.2 Å². The van der Waals surface area contributed by atoms with Crippen molar-refractivity contribution in [3.8, 4) is 12.3 Å². The number of amides is 2. The molecule has 11 heteroatoms. The van der Waals surface area contributed by atoms with E-state index in [4.69, 9.17) is 10.8 Å². The van der Waals surface area contributed by atoms with E-state index in [0.29, 0.717) is 11.0 Å². The van der Waals surface area contributed by atoms with Gasteiger partial charge in [0, 0.05) is 31.3 Å². The van der Waals surface area contributed by atoms with Crippen LogP contribution in [0.25, 0.3) is 11.0 Å². The number of nitrogens with zero attached hydrogens (tertiary/aromatic N) is 2. The molecule has 0 saturated carbocycles. The average molecular weight is 583 g/mol. The van der Waals surface area contributed by atoms with Crippen LogP contribution in [0.2, 0.25) is 0 Å². The summed E-state index contributed by atoms with van der Waals surface area (Å²) < 4.78 is 34.3. The summed E-state index contributed by atoms with van der Waals surface area (Å²) in [5, 5.41) is 16.1. The molecule has 0 radical (unpaired) electrons. The predicted octanol–water partition coefficient (Wildman–Crippen LogP) is 2.54. The Morgan fingerprint density at radius 3 is 2.49 bits per heavy atom. The van der Waals surface area contributed by atoms with Crippen molar-refractivity contribution in [3.05, 3.63) is 66.4 Å². The molecule has 0 aliphatic heterocycles. The van der Waals surface area contributed by atoms with E-state index < -0.39 is 34.0 Å². The maximum Gasteiger partial charge on any atom is 0.252 e. The summed E-state index contributed by atoms with van der Waals surface area (Å²) in [6, 6.07) is 14.4. The molecule has 0 fully saturated rings. The molecule has 0 saturated heterocycles. The normalized spacial score (nSPS) is 13.2. The minimum atomic E-state index is -4.05. The highest BCUT2D eigenvalue weighted by Gasteiger charge is 2.36. The van der Waals surface area contributed by atoms with Crippen molar-refractivity contribution in [1.82, 2.24) is 20.1 Å². The summed E-state index contributed by atoms with van der Waals surface area (Å²) in [6.45, 7) is 3.49. The van der Waals surface area contributed by atoms with Gasteiger partial charge in [-0.15, -0.1) is 12.3 Å². The second kappa shape index (κ2) is 14.8. The first-order valence-corrected chi connectivity index (χ1v) is 14.9. The number of likely N-dealkylation sites (N-methyl/N-ethyl adjacent to an activating group) is 1. The van der Waals surface area contributed by atoms with Gasteiger partial charge in [0.1, 0.15) is 5.58 Å². The third-order valence-corrected chi connectivity index (χ3v) is 8.25. The quantitative estimate of drug-likeness (QED) is 0.197. The predicted molar refractivity (Wildman–Crippen MR) is 157 cm³/mol. The fourth-order valence-electron chi connectivity index (χ4n) is 4.48. The molecule has 0 spiro atoms. The van der Waals surface area contributed by atoms with Crippen molar-refractivity contribution in [2.45, 2.75) is 50.2 Å². The number of furan rings is 1. The number of aliphatic hydroxyl groups excluding tert-OH is 1. The van der Waals surface area contributed by atoms with Gasteiger partial charge in [-0.3, -0.25) is 15.0 Å². The highest BCUT2D eigenvalue weighted by atomic mass is 32.2. The van der Waals surface area contributed by atoms with E-state index in [1.807, 2.05) is 44.2 Å². The van der Waals surface area contributed by atoms with E-state index in [2.05, 4.69) is 16.7 Å². The SMILES string of the molecule is C#CCCC(=O)N(NC(=O)CNC)[C@@H](Cc1ccccc1)[C@H](O)CN(CC(C)C)S(=O)(=O)c1ccc2occc2c1. The number of nitrogens with one attached hydrogen (secondary N) is 2. The molecule has 0 unspecified atom stereocenters. The lowest BCUT2D eigenvalue weighted by Gasteiger charge is -2.37. The Balaban J connectivity index is 2.00. The molecule has 2 aromatic carbocycles. The highest BCUT2D eigenvalue weighted by molar-refractivity contribution is 7.89.